The van der Waals surface area contributed by atoms with Crippen molar-refractivity contribution in [2.24, 2.45) is 0 Å². The number of halogens is 1. The van der Waals surface area contributed by atoms with Crippen LogP contribution in [0.4, 0.5) is 10.7 Å². The zero-order valence-corrected chi connectivity index (χ0v) is 23.5. The minimum atomic E-state index is -2.64. The molecular weight excluding hydrogens is 513 g/mol. The first-order chi connectivity index (χ1) is 17.3. The van der Waals surface area contributed by atoms with Crippen molar-refractivity contribution in [2.45, 2.75) is 51.7 Å². The third-order valence-electron chi connectivity index (χ3n) is 6.11. The maximum Gasteiger partial charge on any atom is 0.410 e. The van der Waals surface area contributed by atoms with Crippen LogP contribution in [0, 0.1) is 0 Å². The van der Waals surface area contributed by atoms with Gasteiger partial charge in [-0.25, -0.2) is 9.78 Å². The summed E-state index contributed by atoms with van der Waals surface area (Å²) in [5, 5.41) is 3.43. The van der Waals surface area contributed by atoms with Crippen molar-refractivity contribution in [1.82, 2.24) is 19.4 Å². The maximum absolute atomic E-state index is 13.3. The van der Waals surface area contributed by atoms with Gasteiger partial charge in [0.25, 0.3) is 5.91 Å². The fraction of sp³-hybridized carbons (Fsp3) is 0.462. The van der Waals surface area contributed by atoms with Crippen molar-refractivity contribution < 1.29 is 18.9 Å². The average molecular weight is 546 g/mol. The lowest BCUT2D eigenvalue weighted by molar-refractivity contribution is 0.0238. The molecule has 0 saturated carbocycles. The van der Waals surface area contributed by atoms with Gasteiger partial charge < -0.3 is 18.8 Å². The number of pyridine rings is 1. The van der Waals surface area contributed by atoms with Gasteiger partial charge in [0.1, 0.15) is 18.2 Å². The van der Waals surface area contributed by atoms with Crippen LogP contribution in [-0.4, -0.2) is 63.5 Å². The monoisotopic (exact) mass is 545 g/mol. The van der Waals surface area contributed by atoms with E-state index >= 15 is 0 Å². The summed E-state index contributed by atoms with van der Waals surface area (Å²) in [5.74, 6) is -0.0684. The second-order valence-corrected chi connectivity index (χ2v) is 14.3. The first-order valence-electron chi connectivity index (χ1n) is 12.3. The number of amides is 2. The van der Waals surface area contributed by atoms with Crippen LogP contribution in [0.25, 0.3) is 11.0 Å². The molecule has 4 rings (SSSR count). The third kappa shape index (κ3) is 6.33. The number of hydrogen-bond acceptors (Lipinski definition) is 6. The zero-order valence-electron chi connectivity index (χ0n) is 21.8. The molecule has 9 nitrogen and oxygen atoms in total. The number of likely N-dealkylation sites (tertiary alicyclic amines) is 1. The van der Waals surface area contributed by atoms with Gasteiger partial charge in [-0.2, -0.15) is 0 Å². The Labute approximate surface area is 221 Å². The van der Waals surface area contributed by atoms with Crippen LogP contribution in [0.2, 0.25) is 5.02 Å². The van der Waals surface area contributed by atoms with Gasteiger partial charge in [0.15, 0.2) is 0 Å². The molecule has 37 heavy (non-hydrogen) atoms. The van der Waals surface area contributed by atoms with Gasteiger partial charge in [-0.3, -0.25) is 15.1 Å². The van der Waals surface area contributed by atoms with Gasteiger partial charge >= 0.3 is 6.09 Å². The van der Waals surface area contributed by atoms with Crippen molar-refractivity contribution in [3.05, 3.63) is 47.1 Å². The Hall–Kier alpha value is -2.90. The number of hydrogen-bond donors (Lipinski definition) is 1. The molecule has 3 aromatic rings. The lowest BCUT2D eigenvalue weighted by atomic mass is 10.1. The van der Waals surface area contributed by atoms with Gasteiger partial charge in [-0.15, -0.1) is 0 Å². The highest BCUT2D eigenvalue weighted by Gasteiger charge is 2.30. The third-order valence-corrected chi connectivity index (χ3v) is 7.76. The molecule has 3 heterocycles. The van der Waals surface area contributed by atoms with Crippen LogP contribution in [0.15, 0.2) is 36.5 Å². The van der Waals surface area contributed by atoms with Crippen molar-refractivity contribution in [3.8, 4) is 0 Å². The predicted octanol–water partition coefficient (Wildman–Crippen LogP) is 5.55. The molecule has 1 fully saturated rings. The molecule has 1 aliphatic heterocycles. The molecule has 0 spiro atoms. The number of para-hydroxylation sites is 1. The quantitative estimate of drug-likeness (QED) is 0.431. The molecule has 198 valence electrons. The van der Waals surface area contributed by atoms with Crippen LogP contribution >= 0.6 is 18.7 Å². The Kier molecular flexibility index (Phi) is 7.67. The number of imidazole rings is 1. The minimum absolute atomic E-state index is 0.185. The minimum Gasteiger partial charge on any atom is -0.444 e. The van der Waals surface area contributed by atoms with E-state index in [0.717, 1.165) is 19.3 Å². The van der Waals surface area contributed by atoms with Gasteiger partial charge in [-0.1, -0.05) is 17.7 Å². The van der Waals surface area contributed by atoms with E-state index in [-0.39, 0.29) is 12.1 Å². The van der Waals surface area contributed by atoms with Crippen LogP contribution in [-0.2, 0) is 9.30 Å². The van der Waals surface area contributed by atoms with E-state index in [1.165, 1.54) is 6.20 Å². The Morgan fingerprint density at radius 1 is 1.19 bits per heavy atom. The second-order valence-electron chi connectivity index (χ2n) is 10.7. The van der Waals surface area contributed by atoms with Crippen molar-refractivity contribution >= 4 is 53.2 Å². The summed E-state index contributed by atoms with van der Waals surface area (Å²) in [6, 6.07) is 8.37. The van der Waals surface area contributed by atoms with Gasteiger partial charge in [0.05, 0.1) is 22.1 Å². The molecule has 1 saturated heterocycles. The van der Waals surface area contributed by atoms with Crippen molar-refractivity contribution in [2.75, 3.05) is 31.7 Å². The van der Waals surface area contributed by atoms with Gasteiger partial charge in [0.2, 0.25) is 5.95 Å². The van der Waals surface area contributed by atoms with Crippen LogP contribution in [0.1, 0.15) is 56.4 Å². The molecule has 0 bridgehead atoms. The fourth-order valence-corrected chi connectivity index (χ4v) is 5.46. The van der Waals surface area contributed by atoms with Gasteiger partial charge in [-0.05, 0) is 77.6 Å². The van der Waals surface area contributed by atoms with Crippen molar-refractivity contribution in [1.29, 1.82) is 0 Å². The molecule has 11 heteroatoms. The number of nitrogens with zero attached hydrogens (tertiary/aromatic N) is 4. The van der Waals surface area contributed by atoms with E-state index in [1.54, 1.807) is 36.4 Å². The van der Waals surface area contributed by atoms with E-state index in [0.29, 0.717) is 46.1 Å². The topological polar surface area (TPSA) is 106 Å². The lowest BCUT2D eigenvalue weighted by Crippen LogP contribution is -2.39. The summed E-state index contributed by atoms with van der Waals surface area (Å²) in [7, 11) is -2.64. The van der Waals surface area contributed by atoms with E-state index in [4.69, 9.17) is 16.3 Å². The molecule has 0 aliphatic carbocycles. The number of aromatic nitrogens is 3. The fourth-order valence-electron chi connectivity index (χ4n) is 4.40. The molecule has 1 aliphatic rings. The zero-order chi connectivity index (χ0) is 27.0. The number of nitrogens with one attached hydrogen (secondary N) is 1. The summed E-state index contributed by atoms with van der Waals surface area (Å²) < 4.78 is 20.1. The highest BCUT2D eigenvalue weighted by Crippen LogP contribution is 2.35. The van der Waals surface area contributed by atoms with Crippen LogP contribution in [0.3, 0.4) is 0 Å². The molecule has 0 radical (unpaired) electrons. The molecule has 1 N–H and O–H groups in total. The second kappa shape index (κ2) is 10.5. The molecule has 2 amide bonds. The normalized spacial score (nSPS) is 16.9. The standard InChI is InChI=1S/C26H33ClN5O4P/c1-26(2,3)36-25(34)31-14-7-6-9-18(16-31)32-22-19(27)10-8-11-20(22)29-24(32)30-23(33)17-12-13-28-21(15-17)37(4,5)35/h8,10-13,15,18H,6-7,9,14,16H2,1-5H3,(H,29,30,33). The van der Waals surface area contributed by atoms with Gasteiger partial charge in [0, 0.05) is 24.8 Å². The number of ether oxygens (including phenoxy) is 1. The van der Waals surface area contributed by atoms with E-state index in [2.05, 4.69) is 15.3 Å². The summed E-state index contributed by atoms with van der Waals surface area (Å²) in [6.45, 7) is 9.73. The maximum atomic E-state index is 13.3. The first kappa shape index (κ1) is 27.1. The SMILES string of the molecule is CC(C)(C)OC(=O)N1CCCCC(n2c(NC(=O)c3ccnc(P(C)(C)=O)c3)nc3cccc(Cl)c32)C1. The number of carbonyl (C=O) groups excluding carboxylic acids is 2. The summed E-state index contributed by atoms with van der Waals surface area (Å²) in [6.07, 6.45) is 3.61. The molecule has 2 aromatic heterocycles. The summed E-state index contributed by atoms with van der Waals surface area (Å²) in [5.41, 5.74) is 1.44. The Balaban J connectivity index is 1.71. The Morgan fingerprint density at radius 3 is 2.65 bits per heavy atom. The molecule has 1 aromatic carbocycles. The number of anilines is 1. The Bertz CT molecular complexity index is 1380. The van der Waals surface area contributed by atoms with Crippen LogP contribution in [0.5, 0.6) is 0 Å². The molecular formula is C26H33ClN5O4P. The summed E-state index contributed by atoms with van der Waals surface area (Å²) in [4.78, 5) is 36.8. The highest BCUT2D eigenvalue weighted by atomic mass is 35.5. The smallest absolute Gasteiger partial charge is 0.410 e. The first-order valence-corrected chi connectivity index (χ1v) is 15.3. The Morgan fingerprint density at radius 2 is 1.95 bits per heavy atom. The lowest BCUT2D eigenvalue weighted by Gasteiger charge is -2.29. The highest BCUT2D eigenvalue weighted by molar-refractivity contribution is 7.69. The molecule has 1 atom stereocenters. The summed E-state index contributed by atoms with van der Waals surface area (Å²) >= 11 is 6.63. The van der Waals surface area contributed by atoms with E-state index in [1.807, 2.05) is 37.5 Å². The van der Waals surface area contributed by atoms with E-state index < -0.39 is 18.7 Å². The largest absolute Gasteiger partial charge is 0.444 e. The number of fused-ring (bicyclic) bond motifs is 1. The number of benzene rings is 1. The van der Waals surface area contributed by atoms with E-state index in [9.17, 15) is 14.2 Å². The predicted molar refractivity (Wildman–Crippen MR) is 147 cm³/mol. The number of rotatable bonds is 4. The van der Waals surface area contributed by atoms with Crippen molar-refractivity contribution in [3.63, 3.8) is 0 Å². The molecule has 1 unspecified atom stereocenters. The number of carbonyl (C=O) groups is 2. The van der Waals surface area contributed by atoms with Crippen LogP contribution < -0.4 is 10.8 Å². The average Bonchev–Trinajstić information content (AvgIpc) is 2.99.